The van der Waals surface area contributed by atoms with Crippen LogP contribution in [0.1, 0.15) is 28.9 Å². The number of benzene rings is 2. The van der Waals surface area contributed by atoms with Crippen LogP contribution in [-0.4, -0.2) is 41.2 Å². The van der Waals surface area contributed by atoms with Gasteiger partial charge in [0, 0.05) is 5.56 Å². The Kier molecular flexibility index (Phi) is 4.18. The Labute approximate surface area is 146 Å². The van der Waals surface area contributed by atoms with Gasteiger partial charge >= 0.3 is 5.91 Å². The second-order valence-electron chi connectivity index (χ2n) is 6.17. The van der Waals surface area contributed by atoms with Gasteiger partial charge in [0.15, 0.2) is 0 Å². The fourth-order valence-corrected chi connectivity index (χ4v) is 4.99. The SMILES string of the molecule is CC(c1ccccc1)[N+]1(N2CCOCC2)Sc2ccccc2C1=O. The lowest BCUT2D eigenvalue weighted by atomic mass is 10.1. The van der Waals surface area contributed by atoms with Crippen LogP contribution in [0, 0.1) is 0 Å². The maximum atomic E-state index is 13.5. The largest absolute Gasteiger partial charge is 0.378 e. The molecule has 2 aliphatic heterocycles. The van der Waals surface area contributed by atoms with E-state index >= 15 is 0 Å². The Morgan fingerprint density at radius 2 is 1.71 bits per heavy atom. The van der Waals surface area contributed by atoms with Crippen molar-refractivity contribution in [1.82, 2.24) is 5.01 Å². The Balaban J connectivity index is 1.81. The molecule has 0 spiro atoms. The highest BCUT2D eigenvalue weighted by Gasteiger charge is 2.57. The second kappa shape index (κ2) is 6.33. The zero-order valence-corrected chi connectivity index (χ0v) is 14.5. The number of hydrogen-bond acceptors (Lipinski definition) is 4. The molecule has 2 heterocycles. The maximum Gasteiger partial charge on any atom is 0.378 e. The van der Waals surface area contributed by atoms with E-state index in [0.717, 1.165) is 23.5 Å². The fraction of sp³-hybridized carbons (Fsp3) is 0.316. The van der Waals surface area contributed by atoms with E-state index in [4.69, 9.17) is 4.74 Å². The van der Waals surface area contributed by atoms with Gasteiger partial charge in [0.1, 0.15) is 23.6 Å². The standard InChI is InChI=1S/C19H21N2O2S/c1-15(16-7-3-2-4-8-16)21(20-11-13-23-14-12-20)19(22)17-9-5-6-10-18(17)24-21/h2-10,15H,11-14H2,1H3/q+1. The van der Waals surface area contributed by atoms with Crippen molar-refractivity contribution >= 4 is 17.9 Å². The fourth-order valence-electron chi connectivity index (χ4n) is 3.56. The molecule has 2 aromatic rings. The van der Waals surface area contributed by atoms with Gasteiger partial charge in [0.05, 0.1) is 31.2 Å². The minimum atomic E-state index is 0.0363. The highest BCUT2D eigenvalue weighted by Crippen LogP contribution is 2.51. The summed E-state index contributed by atoms with van der Waals surface area (Å²) in [6, 6.07) is 18.3. The van der Waals surface area contributed by atoms with Gasteiger partial charge in [0.2, 0.25) is 0 Å². The van der Waals surface area contributed by atoms with Crippen molar-refractivity contribution in [3.8, 4) is 0 Å². The molecule has 0 bridgehead atoms. The zero-order chi connectivity index (χ0) is 16.6. The summed E-state index contributed by atoms with van der Waals surface area (Å²) >= 11 is 1.66. The molecule has 0 N–H and O–H groups in total. The van der Waals surface area contributed by atoms with E-state index in [2.05, 4.69) is 30.1 Å². The number of rotatable bonds is 3. The summed E-state index contributed by atoms with van der Waals surface area (Å²) in [5.41, 5.74) is 2.01. The molecule has 124 valence electrons. The summed E-state index contributed by atoms with van der Waals surface area (Å²) in [5.74, 6) is 0.175. The lowest BCUT2D eigenvalue weighted by Gasteiger charge is -2.43. The van der Waals surface area contributed by atoms with Gasteiger partial charge in [-0.2, -0.15) is 0 Å². The van der Waals surface area contributed by atoms with E-state index in [-0.39, 0.29) is 15.9 Å². The molecule has 0 aliphatic carbocycles. The van der Waals surface area contributed by atoms with Crippen molar-refractivity contribution in [3.05, 3.63) is 65.7 Å². The number of nitrogens with zero attached hydrogens (tertiary/aromatic N) is 2. The number of quaternary nitrogens is 1. The first-order valence-corrected chi connectivity index (χ1v) is 9.11. The van der Waals surface area contributed by atoms with E-state index in [1.54, 1.807) is 11.9 Å². The molecule has 2 atom stereocenters. The van der Waals surface area contributed by atoms with Gasteiger partial charge in [-0.15, -0.1) is 9.01 Å². The Hall–Kier alpha value is -1.66. The molecular formula is C19H21N2O2S+. The van der Waals surface area contributed by atoms with Gasteiger partial charge in [-0.3, -0.25) is 0 Å². The van der Waals surface area contributed by atoms with Crippen LogP contribution in [0.15, 0.2) is 59.5 Å². The molecule has 24 heavy (non-hydrogen) atoms. The monoisotopic (exact) mass is 341 g/mol. The van der Waals surface area contributed by atoms with Crippen molar-refractivity contribution in [2.75, 3.05) is 26.3 Å². The number of carbonyl (C=O) groups excluding carboxylic acids is 1. The van der Waals surface area contributed by atoms with Gasteiger partial charge in [0.25, 0.3) is 0 Å². The second-order valence-corrected chi connectivity index (χ2v) is 7.35. The zero-order valence-electron chi connectivity index (χ0n) is 13.7. The van der Waals surface area contributed by atoms with E-state index in [1.807, 2.05) is 36.4 Å². The van der Waals surface area contributed by atoms with E-state index in [0.29, 0.717) is 13.2 Å². The molecule has 2 unspecified atom stereocenters. The van der Waals surface area contributed by atoms with Gasteiger partial charge < -0.3 is 4.74 Å². The van der Waals surface area contributed by atoms with Crippen LogP contribution in [0.3, 0.4) is 0 Å². The van der Waals surface area contributed by atoms with Crippen molar-refractivity contribution in [2.24, 2.45) is 0 Å². The molecule has 0 aromatic heterocycles. The Morgan fingerprint density at radius 1 is 1.04 bits per heavy atom. The number of hydrogen-bond donors (Lipinski definition) is 0. The molecule has 4 nitrogen and oxygen atoms in total. The molecule has 2 aliphatic rings. The quantitative estimate of drug-likeness (QED) is 0.629. The van der Waals surface area contributed by atoms with Gasteiger partial charge in [-0.05, 0) is 19.1 Å². The topological polar surface area (TPSA) is 29.5 Å². The van der Waals surface area contributed by atoms with Crippen LogP contribution in [0.25, 0.3) is 0 Å². The van der Waals surface area contributed by atoms with Gasteiger partial charge in [-0.1, -0.05) is 42.5 Å². The third-order valence-electron chi connectivity index (χ3n) is 4.86. The summed E-state index contributed by atoms with van der Waals surface area (Å²) in [7, 11) is 0. The van der Waals surface area contributed by atoms with Crippen LogP contribution in [0.5, 0.6) is 0 Å². The number of morpholine rings is 1. The predicted octanol–water partition coefficient (Wildman–Crippen LogP) is 3.67. The minimum absolute atomic E-state index is 0.0363. The number of fused-ring (bicyclic) bond motifs is 1. The average molecular weight is 341 g/mol. The highest BCUT2D eigenvalue weighted by atomic mass is 32.2. The molecule has 4 rings (SSSR count). The molecule has 1 amide bonds. The van der Waals surface area contributed by atoms with Crippen molar-refractivity contribution in [1.29, 1.82) is 0 Å². The molecule has 0 saturated carbocycles. The Morgan fingerprint density at radius 3 is 2.42 bits per heavy atom. The van der Waals surface area contributed by atoms with Crippen LogP contribution < -0.4 is 0 Å². The first-order valence-electron chi connectivity index (χ1n) is 8.34. The molecule has 5 heteroatoms. The minimum Gasteiger partial charge on any atom is -0.378 e. The predicted molar refractivity (Wildman–Crippen MR) is 94.1 cm³/mol. The summed E-state index contributed by atoms with van der Waals surface area (Å²) in [6.07, 6.45) is 0. The van der Waals surface area contributed by atoms with Crippen LogP contribution in [0.4, 0.5) is 0 Å². The van der Waals surface area contributed by atoms with Crippen LogP contribution in [-0.2, 0) is 4.74 Å². The summed E-state index contributed by atoms with van der Waals surface area (Å²) in [5, 5.41) is 2.27. The van der Waals surface area contributed by atoms with Crippen LogP contribution >= 0.6 is 11.9 Å². The molecular weight excluding hydrogens is 320 g/mol. The number of carbonyl (C=O) groups is 1. The molecule has 2 aromatic carbocycles. The third-order valence-corrected chi connectivity index (χ3v) is 6.40. The highest BCUT2D eigenvalue weighted by molar-refractivity contribution is 7.94. The smallest absolute Gasteiger partial charge is 0.378 e. The van der Waals surface area contributed by atoms with E-state index in [1.165, 1.54) is 5.56 Å². The summed E-state index contributed by atoms with van der Waals surface area (Å²) in [4.78, 5) is 14.6. The summed E-state index contributed by atoms with van der Waals surface area (Å²) in [6.45, 7) is 5.03. The normalized spacial score (nSPS) is 25.5. The molecule has 1 saturated heterocycles. The Bertz CT molecular complexity index is 746. The first kappa shape index (κ1) is 15.8. The van der Waals surface area contributed by atoms with Crippen molar-refractivity contribution < 1.29 is 13.5 Å². The number of amides is 1. The third kappa shape index (κ3) is 2.40. The molecule has 0 radical (unpaired) electrons. The van der Waals surface area contributed by atoms with Crippen molar-refractivity contribution in [3.63, 3.8) is 0 Å². The average Bonchev–Trinajstić information content (AvgIpc) is 2.96. The van der Waals surface area contributed by atoms with Crippen molar-refractivity contribution in [2.45, 2.75) is 17.9 Å². The first-order chi connectivity index (χ1) is 11.7. The maximum absolute atomic E-state index is 13.5. The van der Waals surface area contributed by atoms with E-state index in [9.17, 15) is 4.79 Å². The van der Waals surface area contributed by atoms with Gasteiger partial charge in [-0.25, -0.2) is 4.79 Å². The van der Waals surface area contributed by atoms with Crippen LogP contribution in [0.2, 0.25) is 0 Å². The molecule has 1 fully saturated rings. The lowest BCUT2D eigenvalue weighted by molar-refractivity contribution is -0.872. The number of ether oxygens (including phenoxy) is 1. The summed E-state index contributed by atoms with van der Waals surface area (Å²) < 4.78 is 5.80. The lowest BCUT2D eigenvalue weighted by Crippen LogP contribution is -2.61. The van der Waals surface area contributed by atoms with E-state index < -0.39 is 0 Å².